The van der Waals surface area contributed by atoms with Crippen LogP contribution in [0, 0.1) is 19.8 Å². The summed E-state index contributed by atoms with van der Waals surface area (Å²) in [5.41, 5.74) is 9.42. The van der Waals surface area contributed by atoms with E-state index in [2.05, 4.69) is 42.0 Å². The van der Waals surface area contributed by atoms with Gasteiger partial charge in [-0.3, -0.25) is 0 Å². The SMILES string of the molecule is Cc1noc(C)c1Cn1ccc(C(N)C(C)C)c1. The summed E-state index contributed by atoms with van der Waals surface area (Å²) in [6, 6.07) is 2.18. The number of aryl methyl sites for hydroxylation is 2. The highest BCUT2D eigenvalue weighted by molar-refractivity contribution is 5.23. The lowest BCUT2D eigenvalue weighted by Gasteiger charge is -2.13. The highest BCUT2D eigenvalue weighted by atomic mass is 16.5. The zero-order valence-corrected chi connectivity index (χ0v) is 11.5. The highest BCUT2D eigenvalue weighted by Gasteiger charge is 2.13. The van der Waals surface area contributed by atoms with Crippen LogP contribution < -0.4 is 5.73 Å². The van der Waals surface area contributed by atoms with Crippen molar-refractivity contribution < 1.29 is 4.52 Å². The molecule has 2 aromatic rings. The van der Waals surface area contributed by atoms with E-state index in [1.807, 2.05) is 13.8 Å². The second kappa shape index (κ2) is 4.98. The van der Waals surface area contributed by atoms with E-state index < -0.39 is 0 Å². The first-order valence-electron chi connectivity index (χ1n) is 6.32. The van der Waals surface area contributed by atoms with Crippen molar-refractivity contribution >= 4 is 0 Å². The Kier molecular flexibility index (Phi) is 3.57. The second-order valence-electron chi connectivity index (χ2n) is 5.19. The average Bonchev–Trinajstić information content (AvgIpc) is 2.90. The Bertz CT molecular complexity index is 505. The van der Waals surface area contributed by atoms with E-state index >= 15 is 0 Å². The van der Waals surface area contributed by atoms with Crippen molar-refractivity contribution in [2.24, 2.45) is 11.7 Å². The van der Waals surface area contributed by atoms with Gasteiger partial charge in [0, 0.05) is 24.0 Å². The van der Waals surface area contributed by atoms with Crippen LogP contribution in [0.1, 0.15) is 42.5 Å². The molecule has 18 heavy (non-hydrogen) atoms. The molecule has 0 saturated carbocycles. The Morgan fingerprint density at radius 1 is 1.39 bits per heavy atom. The highest BCUT2D eigenvalue weighted by Crippen LogP contribution is 2.20. The number of rotatable bonds is 4. The maximum absolute atomic E-state index is 6.14. The van der Waals surface area contributed by atoms with Crippen LogP contribution in [0.3, 0.4) is 0 Å². The van der Waals surface area contributed by atoms with Crippen LogP contribution >= 0.6 is 0 Å². The molecule has 98 valence electrons. The van der Waals surface area contributed by atoms with Gasteiger partial charge >= 0.3 is 0 Å². The second-order valence-corrected chi connectivity index (χ2v) is 5.19. The largest absolute Gasteiger partial charge is 0.361 e. The molecule has 0 spiro atoms. The standard InChI is InChI=1S/C14H21N3O/c1-9(2)14(15)12-5-6-17(7-12)8-13-10(3)16-18-11(13)4/h5-7,9,14H,8,15H2,1-4H3. The molecule has 0 aromatic carbocycles. The van der Waals surface area contributed by atoms with Crippen LogP contribution in [-0.2, 0) is 6.54 Å². The fourth-order valence-corrected chi connectivity index (χ4v) is 2.05. The van der Waals surface area contributed by atoms with Gasteiger partial charge in [0.1, 0.15) is 5.76 Å². The van der Waals surface area contributed by atoms with Gasteiger partial charge in [0.05, 0.1) is 12.2 Å². The van der Waals surface area contributed by atoms with Crippen LogP contribution in [-0.4, -0.2) is 9.72 Å². The number of aromatic nitrogens is 2. The van der Waals surface area contributed by atoms with Crippen molar-refractivity contribution in [2.45, 2.75) is 40.3 Å². The van der Waals surface area contributed by atoms with Gasteiger partial charge in [-0.25, -0.2) is 0 Å². The molecular formula is C14H21N3O. The van der Waals surface area contributed by atoms with Crippen molar-refractivity contribution in [3.8, 4) is 0 Å². The maximum Gasteiger partial charge on any atom is 0.138 e. The maximum atomic E-state index is 6.14. The smallest absolute Gasteiger partial charge is 0.138 e. The lowest BCUT2D eigenvalue weighted by Crippen LogP contribution is -2.15. The molecule has 0 radical (unpaired) electrons. The van der Waals surface area contributed by atoms with E-state index in [-0.39, 0.29) is 6.04 Å². The van der Waals surface area contributed by atoms with Gasteiger partial charge in [0.15, 0.2) is 0 Å². The minimum absolute atomic E-state index is 0.0934. The quantitative estimate of drug-likeness (QED) is 0.903. The van der Waals surface area contributed by atoms with E-state index in [1.54, 1.807) is 0 Å². The molecule has 0 aliphatic rings. The normalized spacial score (nSPS) is 13.2. The van der Waals surface area contributed by atoms with Gasteiger partial charge in [0.25, 0.3) is 0 Å². The van der Waals surface area contributed by atoms with Crippen molar-refractivity contribution in [1.29, 1.82) is 0 Å². The van der Waals surface area contributed by atoms with Crippen LogP contribution in [0.2, 0.25) is 0 Å². The summed E-state index contributed by atoms with van der Waals surface area (Å²) in [5.74, 6) is 1.33. The first-order valence-corrected chi connectivity index (χ1v) is 6.32. The molecule has 2 rings (SSSR count). The molecule has 1 unspecified atom stereocenters. The average molecular weight is 247 g/mol. The summed E-state index contributed by atoms with van der Waals surface area (Å²) in [5, 5.41) is 3.97. The van der Waals surface area contributed by atoms with E-state index in [4.69, 9.17) is 10.3 Å². The van der Waals surface area contributed by atoms with Gasteiger partial charge in [-0.2, -0.15) is 0 Å². The van der Waals surface area contributed by atoms with E-state index in [9.17, 15) is 0 Å². The minimum atomic E-state index is 0.0934. The predicted molar refractivity (Wildman–Crippen MR) is 71.3 cm³/mol. The first-order chi connectivity index (χ1) is 8.49. The lowest BCUT2D eigenvalue weighted by molar-refractivity contribution is 0.392. The van der Waals surface area contributed by atoms with Gasteiger partial charge in [-0.1, -0.05) is 19.0 Å². The molecule has 2 heterocycles. The molecule has 0 fully saturated rings. The zero-order valence-electron chi connectivity index (χ0n) is 11.5. The summed E-state index contributed by atoms with van der Waals surface area (Å²) in [6.07, 6.45) is 4.17. The summed E-state index contributed by atoms with van der Waals surface area (Å²) >= 11 is 0. The molecule has 0 aliphatic carbocycles. The first kappa shape index (κ1) is 12.9. The van der Waals surface area contributed by atoms with Crippen molar-refractivity contribution in [1.82, 2.24) is 9.72 Å². The Labute approximate surface area is 108 Å². The Hall–Kier alpha value is -1.55. The molecular weight excluding hydrogens is 226 g/mol. The Morgan fingerprint density at radius 3 is 2.67 bits per heavy atom. The monoisotopic (exact) mass is 247 g/mol. The summed E-state index contributed by atoms with van der Waals surface area (Å²) in [6.45, 7) is 8.97. The van der Waals surface area contributed by atoms with Gasteiger partial charge in [-0.05, 0) is 31.4 Å². The molecule has 1 atom stereocenters. The van der Waals surface area contributed by atoms with E-state index in [0.717, 1.165) is 23.6 Å². The topological polar surface area (TPSA) is 57.0 Å². The lowest BCUT2D eigenvalue weighted by atomic mass is 10.00. The number of nitrogens with zero attached hydrogens (tertiary/aromatic N) is 2. The van der Waals surface area contributed by atoms with Crippen LogP contribution in [0.25, 0.3) is 0 Å². The van der Waals surface area contributed by atoms with Crippen molar-refractivity contribution in [3.05, 3.63) is 41.0 Å². The molecule has 0 amide bonds. The van der Waals surface area contributed by atoms with Gasteiger partial charge in [-0.15, -0.1) is 0 Å². The summed E-state index contributed by atoms with van der Waals surface area (Å²) < 4.78 is 7.30. The molecule has 0 saturated heterocycles. The fraction of sp³-hybridized carbons (Fsp3) is 0.500. The Balaban J connectivity index is 2.17. The van der Waals surface area contributed by atoms with E-state index in [1.165, 1.54) is 5.56 Å². The third-order valence-corrected chi connectivity index (χ3v) is 3.40. The molecule has 0 aliphatic heterocycles. The molecule has 4 heteroatoms. The van der Waals surface area contributed by atoms with Gasteiger partial charge < -0.3 is 14.8 Å². The molecule has 2 N–H and O–H groups in total. The molecule has 4 nitrogen and oxygen atoms in total. The van der Waals surface area contributed by atoms with Crippen molar-refractivity contribution in [3.63, 3.8) is 0 Å². The third kappa shape index (κ3) is 2.48. The van der Waals surface area contributed by atoms with Crippen LogP contribution in [0.5, 0.6) is 0 Å². The number of hydrogen-bond donors (Lipinski definition) is 1. The van der Waals surface area contributed by atoms with Gasteiger partial charge in [0.2, 0.25) is 0 Å². The fourth-order valence-electron chi connectivity index (χ4n) is 2.05. The third-order valence-electron chi connectivity index (χ3n) is 3.40. The van der Waals surface area contributed by atoms with Crippen LogP contribution in [0.4, 0.5) is 0 Å². The number of nitrogens with two attached hydrogens (primary N) is 1. The van der Waals surface area contributed by atoms with Crippen LogP contribution in [0.15, 0.2) is 23.0 Å². The zero-order chi connectivity index (χ0) is 13.3. The number of hydrogen-bond acceptors (Lipinski definition) is 3. The summed E-state index contributed by atoms with van der Waals surface area (Å²) in [7, 11) is 0. The summed E-state index contributed by atoms with van der Waals surface area (Å²) in [4.78, 5) is 0. The molecule has 2 aromatic heterocycles. The Morgan fingerprint density at radius 2 is 2.11 bits per heavy atom. The minimum Gasteiger partial charge on any atom is -0.361 e. The van der Waals surface area contributed by atoms with E-state index in [0.29, 0.717) is 5.92 Å². The van der Waals surface area contributed by atoms with Crippen molar-refractivity contribution in [2.75, 3.05) is 0 Å². The predicted octanol–water partition coefficient (Wildman–Crippen LogP) is 2.80. The molecule has 0 bridgehead atoms.